The van der Waals surface area contributed by atoms with E-state index in [0.29, 0.717) is 31.6 Å². The van der Waals surface area contributed by atoms with E-state index in [1.165, 1.54) is 0 Å². The van der Waals surface area contributed by atoms with Crippen molar-refractivity contribution in [3.63, 3.8) is 0 Å². The first-order valence-corrected chi connectivity index (χ1v) is 8.70. The summed E-state index contributed by atoms with van der Waals surface area (Å²) in [6, 6.07) is 0.0912. The molecule has 124 valence electrons. The predicted molar refractivity (Wildman–Crippen MR) is 84.7 cm³/mol. The Bertz CT molecular complexity index is 377. The van der Waals surface area contributed by atoms with E-state index in [1.807, 2.05) is 4.90 Å². The van der Waals surface area contributed by atoms with Crippen LogP contribution in [0.15, 0.2) is 12.2 Å². The van der Waals surface area contributed by atoms with Crippen molar-refractivity contribution < 1.29 is 14.3 Å². The monoisotopic (exact) mass is 308 g/mol. The van der Waals surface area contributed by atoms with Crippen molar-refractivity contribution in [3.05, 3.63) is 12.2 Å². The highest BCUT2D eigenvalue weighted by Gasteiger charge is 2.34. The zero-order valence-electron chi connectivity index (χ0n) is 13.3. The van der Waals surface area contributed by atoms with Crippen molar-refractivity contribution in [3.8, 4) is 0 Å². The van der Waals surface area contributed by atoms with Gasteiger partial charge in [-0.2, -0.15) is 0 Å². The zero-order valence-corrected chi connectivity index (χ0v) is 13.3. The quantitative estimate of drug-likeness (QED) is 0.604. The van der Waals surface area contributed by atoms with Crippen LogP contribution in [-0.2, 0) is 9.47 Å². The molecule has 0 aromatic rings. The Morgan fingerprint density at radius 1 is 1.27 bits per heavy atom. The van der Waals surface area contributed by atoms with Crippen molar-refractivity contribution in [2.45, 2.75) is 38.2 Å². The molecule has 5 nitrogen and oxygen atoms in total. The van der Waals surface area contributed by atoms with E-state index in [-0.39, 0.29) is 12.1 Å². The Kier molecular flexibility index (Phi) is 5.73. The third kappa shape index (κ3) is 4.23. The maximum Gasteiger partial charge on any atom is 0.317 e. The molecule has 0 aromatic heterocycles. The molecule has 3 atom stereocenters. The SMILES string of the molecule is O=C(NCCCOCC1CCCO1)N1CC2CC=CCC2C1. The number of amides is 2. The van der Waals surface area contributed by atoms with Crippen LogP contribution < -0.4 is 5.32 Å². The van der Waals surface area contributed by atoms with Crippen molar-refractivity contribution in [2.75, 3.05) is 39.5 Å². The van der Waals surface area contributed by atoms with Crippen LogP contribution in [0.1, 0.15) is 32.1 Å². The molecule has 1 N–H and O–H groups in total. The van der Waals surface area contributed by atoms with Gasteiger partial charge in [0, 0.05) is 32.8 Å². The standard InChI is InChI=1S/C17H28N2O3/c20-17(19-11-14-5-1-2-6-15(14)12-19)18-8-4-9-21-13-16-7-3-10-22-16/h1-2,14-16H,3-13H2,(H,18,20). The molecule has 22 heavy (non-hydrogen) atoms. The summed E-state index contributed by atoms with van der Waals surface area (Å²) in [6.45, 7) is 4.77. The van der Waals surface area contributed by atoms with Crippen LogP contribution in [0.2, 0.25) is 0 Å². The molecule has 2 fully saturated rings. The number of likely N-dealkylation sites (tertiary alicyclic amines) is 1. The summed E-state index contributed by atoms with van der Waals surface area (Å²) in [5.74, 6) is 1.34. The van der Waals surface area contributed by atoms with Crippen LogP contribution in [0.5, 0.6) is 0 Å². The average molecular weight is 308 g/mol. The number of fused-ring (bicyclic) bond motifs is 1. The number of ether oxygens (including phenoxy) is 2. The number of rotatable bonds is 6. The highest BCUT2D eigenvalue weighted by Crippen LogP contribution is 2.32. The van der Waals surface area contributed by atoms with E-state index in [1.54, 1.807) is 0 Å². The smallest absolute Gasteiger partial charge is 0.317 e. The molecule has 2 amide bonds. The number of allylic oxidation sites excluding steroid dienone is 2. The van der Waals surface area contributed by atoms with Gasteiger partial charge < -0.3 is 19.7 Å². The van der Waals surface area contributed by atoms with Crippen molar-refractivity contribution in [1.82, 2.24) is 10.2 Å². The fourth-order valence-electron chi connectivity index (χ4n) is 3.65. The maximum absolute atomic E-state index is 12.2. The average Bonchev–Trinajstić information content (AvgIpc) is 3.19. The predicted octanol–water partition coefficient (Wildman–Crippen LogP) is 2.18. The molecule has 0 radical (unpaired) electrons. The fourth-order valence-corrected chi connectivity index (χ4v) is 3.65. The second-order valence-electron chi connectivity index (χ2n) is 6.66. The molecule has 3 unspecified atom stereocenters. The lowest BCUT2D eigenvalue weighted by atomic mass is 9.86. The largest absolute Gasteiger partial charge is 0.379 e. The minimum Gasteiger partial charge on any atom is -0.379 e. The minimum absolute atomic E-state index is 0.0912. The third-order valence-corrected chi connectivity index (χ3v) is 4.98. The highest BCUT2D eigenvalue weighted by atomic mass is 16.5. The van der Waals surface area contributed by atoms with Gasteiger partial charge in [0.2, 0.25) is 0 Å². The molecule has 3 rings (SSSR count). The Balaban J connectivity index is 1.24. The van der Waals surface area contributed by atoms with Crippen LogP contribution in [0.4, 0.5) is 4.79 Å². The molecule has 2 heterocycles. The molecule has 0 bridgehead atoms. The molecule has 2 aliphatic heterocycles. The number of nitrogens with one attached hydrogen (secondary N) is 1. The number of nitrogens with zero attached hydrogens (tertiary/aromatic N) is 1. The van der Waals surface area contributed by atoms with Gasteiger partial charge in [0.15, 0.2) is 0 Å². The van der Waals surface area contributed by atoms with Gasteiger partial charge in [0.05, 0.1) is 12.7 Å². The van der Waals surface area contributed by atoms with E-state index in [9.17, 15) is 4.79 Å². The summed E-state index contributed by atoms with van der Waals surface area (Å²) < 4.78 is 11.1. The molecule has 5 heteroatoms. The zero-order chi connectivity index (χ0) is 15.2. The summed E-state index contributed by atoms with van der Waals surface area (Å²) in [6.07, 6.45) is 10.2. The third-order valence-electron chi connectivity index (χ3n) is 4.98. The lowest BCUT2D eigenvalue weighted by Crippen LogP contribution is -2.39. The first-order valence-electron chi connectivity index (χ1n) is 8.70. The Morgan fingerprint density at radius 2 is 2.05 bits per heavy atom. The lowest BCUT2D eigenvalue weighted by Gasteiger charge is -2.17. The Labute approximate surface area is 133 Å². The molecule has 1 aliphatic carbocycles. The van der Waals surface area contributed by atoms with E-state index >= 15 is 0 Å². The molecule has 0 saturated carbocycles. The van der Waals surface area contributed by atoms with Gasteiger partial charge in [-0.1, -0.05) is 12.2 Å². The lowest BCUT2D eigenvalue weighted by molar-refractivity contribution is 0.0167. The number of hydrogen-bond acceptors (Lipinski definition) is 3. The molecule has 0 aromatic carbocycles. The summed E-state index contributed by atoms with van der Waals surface area (Å²) in [7, 11) is 0. The van der Waals surface area contributed by atoms with Gasteiger partial charge in [-0.15, -0.1) is 0 Å². The number of hydrogen-bond donors (Lipinski definition) is 1. The van der Waals surface area contributed by atoms with E-state index in [4.69, 9.17) is 9.47 Å². The van der Waals surface area contributed by atoms with Crippen molar-refractivity contribution in [1.29, 1.82) is 0 Å². The molecule has 2 saturated heterocycles. The van der Waals surface area contributed by atoms with E-state index in [2.05, 4.69) is 17.5 Å². The van der Waals surface area contributed by atoms with Crippen LogP contribution in [0.3, 0.4) is 0 Å². The minimum atomic E-state index is 0.0912. The maximum atomic E-state index is 12.2. The molecule has 0 spiro atoms. The number of carbonyl (C=O) groups excluding carboxylic acids is 1. The van der Waals surface area contributed by atoms with Gasteiger partial charge in [-0.05, 0) is 43.9 Å². The van der Waals surface area contributed by atoms with Crippen molar-refractivity contribution in [2.24, 2.45) is 11.8 Å². The topological polar surface area (TPSA) is 50.8 Å². The Hall–Kier alpha value is -1.07. The van der Waals surface area contributed by atoms with Crippen molar-refractivity contribution >= 4 is 6.03 Å². The fraction of sp³-hybridized carbons (Fsp3) is 0.824. The molecular weight excluding hydrogens is 280 g/mol. The normalized spacial score (nSPS) is 30.5. The van der Waals surface area contributed by atoms with Crippen LogP contribution in [-0.4, -0.2) is 56.5 Å². The van der Waals surface area contributed by atoms with Gasteiger partial charge in [0.25, 0.3) is 0 Å². The summed E-state index contributed by atoms with van der Waals surface area (Å²) in [5, 5.41) is 3.02. The van der Waals surface area contributed by atoms with E-state index in [0.717, 1.165) is 51.8 Å². The second kappa shape index (κ2) is 7.97. The van der Waals surface area contributed by atoms with Crippen LogP contribution in [0.25, 0.3) is 0 Å². The van der Waals surface area contributed by atoms with Crippen LogP contribution in [0, 0.1) is 11.8 Å². The van der Waals surface area contributed by atoms with E-state index < -0.39 is 0 Å². The second-order valence-corrected chi connectivity index (χ2v) is 6.66. The summed E-state index contributed by atoms with van der Waals surface area (Å²) >= 11 is 0. The highest BCUT2D eigenvalue weighted by molar-refractivity contribution is 5.74. The first-order chi connectivity index (χ1) is 10.8. The first kappa shape index (κ1) is 15.8. The number of carbonyl (C=O) groups is 1. The van der Waals surface area contributed by atoms with Crippen LogP contribution >= 0.6 is 0 Å². The summed E-state index contributed by atoms with van der Waals surface area (Å²) in [5.41, 5.74) is 0. The van der Waals surface area contributed by atoms with Gasteiger partial charge in [-0.25, -0.2) is 4.79 Å². The summed E-state index contributed by atoms with van der Waals surface area (Å²) in [4.78, 5) is 14.1. The number of urea groups is 1. The molecular formula is C17H28N2O3. The van der Waals surface area contributed by atoms with Gasteiger partial charge >= 0.3 is 6.03 Å². The molecule has 3 aliphatic rings. The van der Waals surface area contributed by atoms with Gasteiger partial charge in [0.1, 0.15) is 0 Å². The van der Waals surface area contributed by atoms with Gasteiger partial charge in [-0.3, -0.25) is 0 Å². The Morgan fingerprint density at radius 3 is 2.73 bits per heavy atom.